The van der Waals surface area contributed by atoms with Crippen molar-refractivity contribution in [3.63, 3.8) is 0 Å². The molecule has 1 atom stereocenters. The zero-order chi connectivity index (χ0) is 10.3. The molecule has 1 unspecified atom stereocenters. The fourth-order valence-corrected chi connectivity index (χ4v) is 2.44. The number of rotatable bonds is 0. The van der Waals surface area contributed by atoms with Crippen LogP contribution in [-0.4, -0.2) is 30.6 Å². The highest BCUT2D eigenvalue weighted by Crippen LogP contribution is 2.31. The molecule has 0 spiro atoms. The molecule has 15 heavy (non-hydrogen) atoms. The van der Waals surface area contributed by atoms with Crippen LogP contribution in [0, 0.1) is 0 Å². The Morgan fingerprint density at radius 1 is 1.33 bits per heavy atom. The van der Waals surface area contributed by atoms with Gasteiger partial charge in [-0.2, -0.15) is 0 Å². The van der Waals surface area contributed by atoms with Gasteiger partial charge < -0.3 is 9.64 Å². The third-order valence-electron chi connectivity index (χ3n) is 3.20. The Labute approximate surface area is 88.6 Å². The predicted octanol–water partition coefficient (Wildman–Crippen LogP) is 1.14. The summed E-state index contributed by atoms with van der Waals surface area (Å²) in [6.45, 7) is 2.05. The number of carbonyl (C=O) groups excluding carboxylic acids is 1. The third-order valence-corrected chi connectivity index (χ3v) is 3.20. The molecule has 0 N–H and O–H groups in total. The van der Waals surface area contributed by atoms with Gasteiger partial charge in [0, 0.05) is 6.54 Å². The molecule has 1 saturated heterocycles. The molecule has 0 radical (unpaired) electrons. The molecule has 1 aromatic rings. The van der Waals surface area contributed by atoms with Crippen LogP contribution in [0.5, 0.6) is 0 Å². The maximum Gasteiger partial charge on any atom is 0.227 e. The first-order valence-electron chi connectivity index (χ1n) is 5.31. The Kier molecular flexibility index (Phi) is 1.99. The van der Waals surface area contributed by atoms with E-state index < -0.39 is 0 Å². The fourth-order valence-electron chi connectivity index (χ4n) is 2.44. The van der Waals surface area contributed by atoms with Gasteiger partial charge in [0.1, 0.15) is 0 Å². The van der Waals surface area contributed by atoms with Crippen molar-refractivity contribution in [2.75, 3.05) is 19.8 Å². The Bertz CT molecular complexity index is 402. The van der Waals surface area contributed by atoms with E-state index in [2.05, 4.69) is 6.07 Å². The van der Waals surface area contributed by atoms with E-state index >= 15 is 0 Å². The van der Waals surface area contributed by atoms with Crippen molar-refractivity contribution in [1.29, 1.82) is 0 Å². The van der Waals surface area contributed by atoms with E-state index in [-0.39, 0.29) is 11.9 Å². The first kappa shape index (κ1) is 8.92. The summed E-state index contributed by atoms with van der Waals surface area (Å²) in [7, 11) is 0. The lowest BCUT2D eigenvalue weighted by Gasteiger charge is -2.40. The summed E-state index contributed by atoms with van der Waals surface area (Å²) >= 11 is 0. The lowest BCUT2D eigenvalue weighted by Crippen LogP contribution is -2.47. The van der Waals surface area contributed by atoms with E-state index in [0.29, 0.717) is 19.6 Å². The lowest BCUT2D eigenvalue weighted by molar-refractivity contribution is -0.140. The van der Waals surface area contributed by atoms with Crippen LogP contribution in [0.2, 0.25) is 0 Å². The minimum Gasteiger partial charge on any atom is -0.377 e. The number of fused-ring (bicyclic) bond motifs is 3. The van der Waals surface area contributed by atoms with E-state index in [0.717, 1.165) is 12.1 Å². The SMILES string of the molecule is O=C1Cc2ccccc2C2COCCN12. The molecule has 3 nitrogen and oxygen atoms in total. The summed E-state index contributed by atoms with van der Waals surface area (Å²) in [5.41, 5.74) is 2.42. The third kappa shape index (κ3) is 1.35. The average molecular weight is 203 g/mol. The Balaban J connectivity index is 2.06. The summed E-state index contributed by atoms with van der Waals surface area (Å²) in [5, 5.41) is 0. The second-order valence-electron chi connectivity index (χ2n) is 4.05. The van der Waals surface area contributed by atoms with Crippen LogP contribution in [0.25, 0.3) is 0 Å². The molecule has 3 heteroatoms. The van der Waals surface area contributed by atoms with Gasteiger partial charge >= 0.3 is 0 Å². The Morgan fingerprint density at radius 2 is 2.20 bits per heavy atom. The van der Waals surface area contributed by atoms with E-state index in [4.69, 9.17) is 4.74 Å². The smallest absolute Gasteiger partial charge is 0.227 e. The van der Waals surface area contributed by atoms with Crippen molar-refractivity contribution < 1.29 is 9.53 Å². The number of benzene rings is 1. The summed E-state index contributed by atoms with van der Waals surface area (Å²) in [6, 6.07) is 8.32. The van der Waals surface area contributed by atoms with Crippen LogP contribution >= 0.6 is 0 Å². The number of nitrogens with zero attached hydrogens (tertiary/aromatic N) is 1. The maximum absolute atomic E-state index is 11.9. The standard InChI is InChI=1S/C12H13NO2/c14-12-7-9-3-1-2-4-10(9)11-8-15-6-5-13(11)12/h1-4,11H,5-8H2. The maximum atomic E-state index is 11.9. The quantitative estimate of drug-likeness (QED) is 0.633. The van der Waals surface area contributed by atoms with Gasteiger partial charge in [-0.1, -0.05) is 24.3 Å². The van der Waals surface area contributed by atoms with E-state index in [9.17, 15) is 4.79 Å². The summed E-state index contributed by atoms with van der Waals surface area (Å²) in [6.07, 6.45) is 0.548. The predicted molar refractivity (Wildman–Crippen MR) is 55.4 cm³/mol. The van der Waals surface area contributed by atoms with E-state index in [1.165, 1.54) is 5.56 Å². The lowest BCUT2D eigenvalue weighted by atomic mass is 9.92. The van der Waals surface area contributed by atoms with Gasteiger partial charge in [0.15, 0.2) is 0 Å². The topological polar surface area (TPSA) is 29.5 Å². The van der Waals surface area contributed by atoms with Gasteiger partial charge in [-0.3, -0.25) is 4.79 Å². The molecule has 1 aromatic carbocycles. The number of amides is 1. The molecule has 3 rings (SSSR count). The minimum atomic E-state index is 0.149. The van der Waals surface area contributed by atoms with Crippen molar-refractivity contribution in [1.82, 2.24) is 4.90 Å². The number of ether oxygens (including phenoxy) is 1. The molecule has 0 saturated carbocycles. The number of morpholine rings is 1. The largest absolute Gasteiger partial charge is 0.377 e. The first-order chi connectivity index (χ1) is 7.36. The van der Waals surface area contributed by atoms with Crippen LogP contribution in [-0.2, 0) is 16.0 Å². The van der Waals surface area contributed by atoms with Crippen LogP contribution < -0.4 is 0 Å². The highest BCUT2D eigenvalue weighted by Gasteiger charge is 2.34. The van der Waals surface area contributed by atoms with Crippen LogP contribution in [0.1, 0.15) is 17.2 Å². The fraction of sp³-hybridized carbons (Fsp3) is 0.417. The van der Waals surface area contributed by atoms with Crippen molar-refractivity contribution >= 4 is 5.91 Å². The molecular weight excluding hydrogens is 190 g/mol. The number of carbonyl (C=O) groups is 1. The molecular formula is C12H13NO2. The van der Waals surface area contributed by atoms with Gasteiger partial charge in [0.25, 0.3) is 0 Å². The summed E-state index contributed by atoms with van der Waals surface area (Å²) in [4.78, 5) is 13.8. The van der Waals surface area contributed by atoms with Gasteiger partial charge in [0.2, 0.25) is 5.91 Å². The van der Waals surface area contributed by atoms with Crippen LogP contribution in [0.15, 0.2) is 24.3 Å². The molecule has 2 heterocycles. The zero-order valence-corrected chi connectivity index (χ0v) is 8.48. The molecule has 0 aliphatic carbocycles. The average Bonchev–Trinajstić information content (AvgIpc) is 2.30. The minimum absolute atomic E-state index is 0.149. The highest BCUT2D eigenvalue weighted by molar-refractivity contribution is 5.81. The molecule has 1 amide bonds. The normalized spacial score (nSPS) is 24.7. The molecule has 2 aliphatic heterocycles. The van der Waals surface area contributed by atoms with Crippen LogP contribution in [0.4, 0.5) is 0 Å². The number of hydrogen-bond acceptors (Lipinski definition) is 2. The van der Waals surface area contributed by atoms with E-state index in [1.54, 1.807) is 0 Å². The highest BCUT2D eigenvalue weighted by atomic mass is 16.5. The second-order valence-corrected chi connectivity index (χ2v) is 4.05. The molecule has 0 aromatic heterocycles. The summed E-state index contributed by atoms with van der Waals surface area (Å²) < 4.78 is 5.45. The second kappa shape index (κ2) is 3.35. The van der Waals surface area contributed by atoms with Gasteiger partial charge in [-0.25, -0.2) is 0 Å². The van der Waals surface area contributed by atoms with Crippen molar-refractivity contribution in [3.8, 4) is 0 Å². The number of hydrogen-bond donors (Lipinski definition) is 0. The Hall–Kier alpha value is -1.35. The van der Waals surface area contributed by atoms with Crippen molar-refractivity contribution in [2.45, 2.75) is 12.5 Å². The van der Waals surface area contributed by atoms with Gasteiger partial charge in [0.05, 0.1) is 25.7 Å². The molecule has 78 valence electrons. The first-order valence-corrected chi connectivity index (χ1v) is 5.31. The Morgan fingerprint density at radius 3 is 3.13 bits per heavy atom. The van der Waals surface area contributed by atoms with Gasteiger partial charge in [-0.15, -0.1) is 0 Å². The van der Waals surface area contributed by atoms with Crippen LogP contribution in [0.3, 0.4) is 0 Å². The van der Waals surface area contributed by atoms with Crippen molar-refractivity contribution in [2.24, 2.45) is 0 Å². The molecule has 2 aliphatic rings. The molecule has 0 bridgehead atoms. The van der Waals surface area contributed by atoms with Crippen molar-refractivity contribution in [3.05, 3.63) is 35.4 Å². The summed E-state index contributed by atoms with van der Waals surface area (Å²) in [5.74, 6) is 0.238. The monoisotopic (exact) mass is 203 g/mol. The zero-order valence-electron chi connectivity index (χ0n) is 8.48. The van der Waals surface area contributed by atoms with Gasteiger partial charge in [-0.05, 0) is 11.1 Å². The molecule has 1 fully saturated rings. The van der Waals surface area contributed by atoms with E-state index in [1.807, 2.05) is 23.1 Å².